The van der Waals surface area contributed by atoms with Gasteiger partial charge in [-0.25, -0.2) is 0 Å². The Labute approximate surface area is 91.0 Å². The van der Waals surface area contributed by atoms with Crippen LogP contribution in [0, 0.1) is 0 Å². The van der Waals surface area contributed by atoms with Crippen LogP contribution in [-0.4, -0.2) is 6.17 Å². The summed E-state index contributed by atoms with van der Waals surface area (Å²) < 4.78 is 0. The number of hydrogen-bond acceptors (Lipinski definition) is 3. The summed E-state index contributed by atoms with van der Waals surface area (Å²) >= 11 is 0. The van der Waals surface area contributed by atoms with E-state index in [0.29, 0.717) is 5.70 Å². The molecule has 3 heteroatoms. The average molecular weight is 205 g/mol. The van der Waals surface area contributed by atoms with E-state index in [-0.39, 0.29) is 6.17 Å². The normalized spacial score (nSPS) is 10.6. The van der Waals surface area contributed by atoms with E-state index < -0.39 is 0 Å². The summed E-state index contributed by atoms with van der Waals surface area (Å²) in [5, 5.41) is 0. The maximum atomic E-state index is 5.58. The van der Waals surface area contributed by atoms with Gasteiger partial charge >= 0.3 is 0 Å². The van der Waals surface area contributed by atoms with Crippen molar-refractivity contribution in [2.45, 2.75) is 25.4 Å². The van der Waals surface area contributed by atoms with Gasteiger partial charge in [0.15, 0.2) is 0 Å². The molecule has 0 aliphatic rings. The highest BCUT2D eigenvalue weighted by atomic mass is 14.8. The smallest absolute Gasteiger partial charge is 0.0520 e. The first-order chi connectivity index (χ1) is 7.09. The minimum atomic E-state index is -0.201. The third-order valence-electron chi connectivity index (χ3n) is 2.33. The molecule has 1 aromatic carbocycles. The molecule has 0 aromatic heterocycles. The van der Waals surface area contributed by atoms with Gasteiger partial charge in [-0.05, 0) is 30.4 Å². The topological polar surface area (TPSA) is 78.1 Å². The van der Waals surface area contributed by atoms with Crippen molar-refractivity contribution >= 4 is 5.70 Å². The zero-order valence-corrected chi connectivity index (χ0v) is 8.95. The lowest BCUT2D eigenvalue weighted by Gasteiger charge is -2.06. The van der Waals surface area contributed by atoms with Crippen LogP contribution >= 0.6 is 0 Å². The SMILES string of the molecule is C=C(N)c1ccc(CCCC(N)N)cc1. The van der Waals surface area contributed by atoms with E-state index in [1.165, 1.54) is 5.56 Å². The highest BCUT2D eigenvalue weighted by Gasteiger charge is 1.98. The molecule has 0 saturated carbocycles. The van der Waals surface area contributed by atoms with E-state index in [0.717, 1.165) is 24.8 Å². The van der Waals surface area contributed by atoms with Crippen molar-refractivity contribution in [1.82, 2.24) is 0 Å². The second-order valence-electron chi connectivity index (χ2n) is 3.78. The van der Waals surface area contributed by atoms with Crippen molar-refractivity contribution in [3.63, 3.8) is 0 Å². The third kappa shape index (κ3) is 4.14. The lowest BCUT2D eigenvalue weighted by Crippen LogP contribution is -2.30. The van der Waals surface area contributed by atoms with Gasteiger partial charge in [-0.3, -0.25) is 0 Å². The first-order valence-electron chi connectivity index (χ1n) is 5.14. The molecule has 0 amide bonds. The monoisotopic (exact) mass is 205 g/mol. The second kappa shape index (κ2) is 5.53. The number of hydrogen-bond donors (Lipinski definition) is 3. The molecule has 82 valence electrons. The van der Waals surface area contributed by atoms with Gasteiger partial charge in [0, 0.05) is 5.70 Å². The summed E-state index contributed by atoms with van der Waals surface area (Å²) in [6, 6.07) is 8.10. The molecule has 0 radical (unpaired) electrons. The minimum absolute atomic E-state index is 0.201. The molecule has 15 heavy (non-hydrogen) atoms. The Hall–Kier alpha value is -1.32. The number of aryl methyl sites for hydroxylation is 1. The van der Waals surface area contributed by atoms with E-state index in [2.05, 4.69) is 18.7 Å². The van der Waals surface area contributed by atoms with Crippen molar-refractivity contribution in [3.05, 3.63) is 42.0 Å². The highest BCUT2D eigenvalue weighted by molar-refractivity contribution is 5.60. The van der Waals surface area contributed by atoms with Gasteiger partial charge in [0.2, 0.25) is 0 Å². The van der Waals surface area contributed by atoms with Gasteiger partial charge < -0.3 is 17.2 Å². The molecule has 3 nitrogen and oxygen atoms in total. The molecule has 0 aliphatic heterocycles. The third-order valence-corrected chi connectivity index (χ3v) is 2.33. The molecule has 1 aromatic rings. The molecule has 0 bridgehead atoms. The fourth-order valence-electron chi connectivity index (χ4n) is 1.43. The van der Waals surface area contributed by atoms with Crippen molar-refractivity contribution in [3.8, 4) is 0 Å². The van der Waals surface area contributed by atoms with Crippen LogP contribution in [0.5, 0.6) is 0 Å². The van der Waals surface area contributed by atoms with Gasteiger partial charge in [-0.15, -0.1) is 0 Å². The summed E-state index contributed by atoms with van der Waals surface area (Å²) in [5.74, 6) is 0. The summed E-state index contributed by atoms with van der Waals surface area (Å²) in [7, 11) is 0. The standard InChI is InChI=1S/C12H19N3/c1-9(13)11-7-5-10(6-8-11)3-2-4-12(14)15/h5-8,12H,1-4,13-15H2. The Bertz CT molecular complexity index is 314. The molecule has 0 aliphatic carbocycles. The lowest BCUT2D eigenvalue weighted by atomic mass is 10.0. The van der Waals surface area contributed by atoms with Crippen molar-refractivity contribution in [1.29, 1.82) is 0 Å². The van der Waals surface area contributed by atoms with Crippen LogP contribution in [0.1, 0.15) is 24.0 Å². The molecule has 0 atom stereocenters. The molecule has 6 N–H and O–H groups in total. The number of benzene rings is 1. The predicted octanol–water partition coefficient (Wildman–Crippen LogP) is 1.18. The fourth-order valence-corrected chi connectivity index (χ4v) is 1.43. The number of rotatable bonds is 5. The molecular formula is C12H19N3. The van der Waals surface area contributed by atoms with E-state index in [4.69, 9.17) is 17.2 Å². The first kappa shape index (κ1) is 11.8. The molecular weight excluding hydrogens is 186 g/mol. The van der Waals surface area contributed by atoms with Gasteiger partial charge in [-0.2, -0.15) is 0 Å². The minimum Gasteiger partial charge on any atom is -0.399 e. The van der Waals surface area contributed by atoms with E-state index in [1.807, 2.05) is 12.1 Å². The molecule has 0 spiro atoms. The summed E-state index contributed by atoms with van der Waals surface area (Å²) in [6.45, 7) is 3.69. The zero-order chi connectivity index (χ0) is 11.3. The van der Waals surface area contributed by atoms with Crippen molar-refractivity contribution < 1.29 is 0 Å². The fraction of sp³-hybridized carbons (Fsp3) is 0.333. The quantitative estimate of drug-likeness (QED) is 0.632. The first-order valence-corrected chi connectivity index (χ1v) is 5.14. The average Bonchev–Trinajstić information content (AvgIpc) is 2.18. The van der Waals surface area contributed by atoms with Crippen LogP contribution in [0.4, 0.5) is 0 Å². The van der Waals surface area contributed by atoms with E-state index >= 15 is 0 Å². The Morgan fingerprint density at radius 1 is 1.20 bits per heavy atom. The van der Waals surface area contributed by atoms with E-state index in [9.17, 15) is 0 Å². The Balaban J connectivity index is 2.46. The van der Waals surface area contributed by atoms with Crippen LogP contribution < -0.4 is 17.2 Å². The predicted molar refractivity (Wildman–Crippen MR) is 64.8 cm³/mol. The summed E-state index contributed by atoms with van der Waals surface area (Å²) in [4.78, 5) is 0. The van der Waals surface area contributed by atoms with Crippen LogP contribution in [0.15, 0.2) is 30.8 Å². The molecule has 0 saturated heterocycles. The van der Waals surface area contributed by atoms with Gasteiger partial charge in [0.05, 0.1) is 6.17 Å². The van der Waals surface area contributed by atoms with Gasteiger partial charge in [-0.1, -0.05) is 30.8 Å². The second-order valence-corrected chi connectivity index (χ2v) is 3.78. The summed E-state index contributed by atoms with van der Waals surface area (Å²) in [5.41, 5.74) is 19.4. The van der Waals surface area contributed by atoms with Gasteiger partial charge in [0.1, 0.15) is 0 Å². The van der Waals surface area contributed by atoms with Gasteiger partial charge in [0.25, 0.3) is 0 Å². The Morgan fingerprint density at radius 2 is 1.80 bits per heavy atom. The van der Waals surface area contributed by atoms with Crippen LogP contribution in [0.3, 0.4) is 0 Å². The van der Waals surface area contributed by atoms with Crippen molar-refractivity contribution in [2.24, 2.45) is 17.2 Å². The van der Waals surface area contributed by atoms with E-state index in [1.54, 1.807) is 0 Å². The van der Waals surface area contributed by atoms with Crippen LogP contribution in [0.25, 0.3) is 5.70 Å². The molecule has 0 heterocycles. The van der Waals surface area contributed by atoms with Crippen LogP contribution in [0.2, 0.25) is 0 Å². The maximum Gasteiger partial charge on any atom is 0.0520 e. The van der Waals surface area contributed by atoms with Crippen molar-refractivity contribution in [2.75, 3.05) is 0 Å². The Morgan fingerprint density at radius 3 is 2.27 bits per heavy atom. The summed E-state index contributed by atoms with van der Waals surface area (Å²) in [6.07, 6.45) is 2.67. The van der Waals surface area contributed by atoms with Crippen LogP contribution in [-0.2, 0) is 6.42 Å². The Kier molecular flexibility index (Phi) is 4.34. The molecule has 0 fully saturated rings. The maximum absolute atomic E-state index is 5.58. The largest absolute Gasteiger partial charge is 0.399 e. The number of nitrogens with two attached hydrogens (primary N) is 3. The zero-order valence-electron chi connectivity index (χ0n) is 8.95. The lowest BCUT2D eigenvalue weighted by molar-refractivity contribution is 0.602. The molecule has 0 unspecified atom stereocenters. The molecule has 1 rings (SSSR count). The highest BCUT2D eigenvalue weighted by Crippen LogP contribution is 2.11.